The third-order valence-electron chi connectivity index (χ3n) is 1.93. The van der Waals surface area contributed by atoms with Gasteiger partial charge in [0.05, 0.1) is 12.7 Å². The number of nitriles is 1. The Balaban J connectivity index is 2.55. The second kappa shape index (κ2) is 6.91. The van der Waals surface area contributed by atoms with Crippen LogP contribution in [0.25, 0.3) is 0 Å². The van der Waals surface area contributed by atoms with E-state index in [1.54, 1.807) is 37.3 Å². The van der Waals surface area contributed by atoms with E-state index in [1.165, 1.54) is 0 Å². The molecule has 1 rings (SSSR count). The van der Waals surface area contributed by atoms with Crippen LogP contribution in [0.3, 0.4) is 0 Å². The van der Waals surface area contributed by atoms with Crippen molar-refractivity contribution in [2.75, 3.05) is 17.2 Å². The number of rotatable bonds is 4. The highest BCUT2D eigenvalue weighted by atomic mass is 16.5. The molecule has 0 aromatic heterocycles. The molecule has 0 saturated carbocycles. The second-order valence-electron chi connectivity index (χ2n) is 3.31. The number of amides is 2. The summed E-state index contributed by atoms with van der Waals surface area (Å²) in [7, 11) is 0. The first kappa shape index (κ1) is 13.5. The van der Waals surface area contributed by atoms with Crippen LogP contribution in [-0.4, -0.2) is 18.6 Å². The lowest BCUT2D eigenvalue weighted by Gasteiger charge is -2.06. The Bertz CT molecular complexity index is 462. The van der Waals surface area contributed by atoms with E-state index in [2.05, 4.69) is 10.6 Å². The first-order chi connectivity index (χ1) is 8.65. The number of hydrogen-bond acceptors (Lipinski definition) is 4. The van der Waals surface area contributed by atoms with Gasteiger partial charge < -0.3 is 10.1 Å². The quantitative estimate of drug-likeness (QED) is 0.852. The maximum absolute atomic E-state index is 11.1. The molecule has 0 fully saturated rings. The van der Waals surface area contributed by atoms with Crippen LogP contribution in [0, 0.1) is 11.3 Å². The average molecular weight is 247 g/mol. The topological polar surface area (TPSA) is 91.2 Å². The van der Waals surface area contributed by atoms with E-state index in [9.17, 15) is 9.59 Å². The molecule has 0 unspecified atom stereocenters. The molecule has 1 aromatic rings. The minimum Gasteiger partial charge on any atom is -0.450 e. The summed E-state index contributed by atoms with van der Waals surface area (Å²) in [6.07, 6.45) is -0.721. The van der Waals surface area contributed by atoms with Crippen molar-refractivity contribution >= 4 is 23.4 Å². The number of anilines is 2. The number of carbonyl (C=O) groups is 2. The van der Waals surface area contributed by atoms with E-state index in [1.807, 2.05) is 0 Å². The number of nitrogens with one attached hydrogen (secondary N) is 2. The van der Waals surface area contributed by atoms with Crippen LogP contribution in [0.4, 0.5) is 16.2 Å². The highest BCUT2D eigenvalue weighted by Crippen LogP contribution is 2.13. The van der Waals surface area contributed by atoms with Crippen LogP contribution < -0.4 is 10.6 Å². The molecular formula is C12H13N3O3. The second-order valence-corrected chi connectivity index (χ2v) is 3.31. The monoisotopic (exact) mass is 247 g/mol. The summed E-state index contributed by atoms with van der Waals surface area (Å²) < 4.78 is 4.72. The SMILES string of the molecule is CCOC(=O)Nc1ccc(NC(=O)CC#N)cc1. The Morgan fingerprint density at radius 3 is 2.28 bits per heavy atom. The molecule has 6 nitrogen and oxygen atoms in total. The molecule has 1 aromatic carbocycles. The van der Waals surface area contributed by atoms with Gasteiger partial charge in [-0.2, -0.15) is 5.26 Å². The van der Waals surface area contributed by atoms with Crippen molar-refractivity contribution in [3.63, 3.8) is 0 Å². The van der Waals surface area contributed by atoms with E-state index < -0.39 is 6.09 Å². The van der Waals surface area contributed by atoms with Crippen LogP contribution >= 0.6 is 0 Å². The zero-order valence-corrected chi connectivity index (χ0v) is 9.90. The lowest BCUT2D eigenvalue weighted by molar-refractivity contribution is -0.115. The zero-order chi connectivity index (χ0) is 13.4. The van der Waals surface area contributed by atoms with Crippen molar-refractivity contribution in [1.29, 1.82) is 5.26 Å². The lowest BCUT2D eigenvalue weighted by Crippen LogP contribution is -2.13. The normalized spacial score (nSPS) is 9.11. The molecule has 0 heterocycles. The minimum absolute atomic E-state index is 0.192. The third-order valence-corrected chi connectivity index (χ3v) is 1.93. The van der Waals surface area contributed by atoms with Gasteiger partial charge >= 0.3 is 6.09 Å². The predicted octanol–water partition coefficient (Wildman–Crippen LogP) is 2.11. The van der Waals surface area contributed by atoms with Crippen LogP contribution in [0.1, 0.15) is 13.3 Å². The third kappa shape index (κ3) is 4.53. The van der Waals surface area contributed by atoms with E-state index in [0.717, 1.165) is 0 Å². The number of ether oxygens (including phenoxy) is 1. The first-order valence-electron chi connectivity index (χ1n) is 5.36. The Morgan fingerprint density at radius 1 is 1.22 bits per heavy atom. The van der Waals surface area contributed by atoms with E-state index in [0.29, 0.717) is 18.0 Å². The number of hydrogen-bond donors (Lipinski definition) is 2. The average Bonchev–Trinajstić information content (AvgIpc) is 2.32. The molecule has 0 aliphatic carbocycles. The van der Waals surface area contributed by atoms with Crippen molar-refractivity contribution in [3.8, 4) is 6.07 Å². The maximum Gasteiger partial charge on any atom is 0.411 e. The standard InChI is InChI=1S/C12H13N3O3/c1-2-18-12(17)15-10-5-3-9(4-6-10)14-11(16)7-8-13/h3-6H,2,7H2,1H3,(H,14,16)(H,15,17). The molecule has 18 heavy (non-hydrogen) atoms. The van der Waals surface area contributed by atoms with Crippen LogP contribution in [-0.2, 0) is 9.53 Å². The summed E-state index contributed by atoms with van der Waals surface area (Å²) in [6, 6.07) is 8.25. The smallest absolute Gasteiger partial charge is 0.411 e. The van der Waals surface area contributed by atoms with Crippen molar-refractivity contribution < 1.29 is 14.3 Å². The molecule has 0 saturated heterocycles. The summed E-state index contributed by atoms with van der Waals surface area (Å²) >= 11 is 0. The van der Waals surface area contributed by atoms with Crippen LogP contribution in [0.5, 0.6) is 0 Å². The van der Waals surface area contributed by atoms with E-state index >= 15 is 0 Å². The fourth-order valence-electron chi connectivity index (χ4n) is 1.20. The Hall–Kier alpha value is -2.55. The van der Waals surface area contributed by atoms with Crippen molar-refractivity contribution in [1.82, 2.24) is 0 Å². The molecule has 0 aliphatic rings. The van der Waals surface area contributed by atoms with Crippen LogP contribution in [0.15, 0.2) is 24.3 Å². The van der Waals surface area contributed by atoms with E-state index in [-0.39, 0.29) is 12.3 Å². The van der Waals surface area contributed by atoms with Crippen LogP contribution in [0.2, 0.25) is 0 Å². The molecule has 0 radical (unpaired) electrons. The fraction of sp³-hybridized carbons (Fsp3) is 0.250. The van der Waals surface area contributed by atoms with Gasteiger partial charge in [-0.25, -0.2) is 4.79 Å². The summed E-state index contributed by atoms with van der Waals surface area (Å²) in [5, 5.41) is 13.4. The van der Waals surface area contributed by atoms with Gasteiger partial charge in [0.25, 0.3) is 0 Å². The number of nitrogens with zero attached hydrogens (tertiary/aromatic N) is 1. The molecule has 94 valence electrons. The molecular weight excluding hydrogens is 234 g/mol. The maximum atomic E-state index is 11.1. The molecule has 2 amide bonds. The van der Waals surface area contributed by atoms with Crippen molar-refractivity contribution in [2.45, 2.75) is 13.3 Å². The Kier molecular flexibility index (Phi) is 5.19. The largest absolute Gasteiger partial charge is 0.450 e. The van der Waals surface area contributed by atoms with Gasteiger partial charge in [-0.05, 0) is 31.2 Å². The van der Waals surface area contributed by atoms with Crippen molar-refractivity contribution in [2.24, 2.45) is 0 Å². The van der Waals surface area contributed by atoms with Gasteiger partial charge in [-0.3, -0.25) is 10.1 Å². The van der Waals surface area contributed by atoms with Gasteiger partial charge in [0.15, 0.2) is 0 Å². The van der Waals surface area contributed by atoms with Crippen molar-refractivity contribution in [3.05, 3.63) is 24.3 Å². The fourth-order valence-corrected chi connectivity index (χ4v) is 1.20. The van der Waals surface area contributed by atoms with Gasteiger partial charge in [0, 0.05) is 11.4 Å². The Morgan fingerprint density at radius 2 is 1.78 bits per heavy atom. The van der Waals surface area contributed by atoms with Gasteiger partial charge in [0.2, 0.25) is 5.91 Å². The summed E-state index contributed by atoms with van der Waals surface area (Å²) in [5.74, 6) is -0.372. The number of benzene rings is 1. The van der Waals surface area contributed by atoms with E-state index in [4.69, 9.17) is 10.00 Å². The lowest BCUT2D eigenvalue weighted by atomic mass is 10.2. The predicted molar refractivity (Wildman–Crippen MR) is 65.9 cm³/mol. The minimum atomic E-state index is -0.529. The first-order valence-corrected chi connectivity index (χ1v) is 5.36. The molecule has 0 bridgehead atoms. The highest BCUT2D eigenvalue weighted by molar-refractivity contribution is 5.92. The summed E-state index contributed by atoms with van der Waals surface area (Å²) in [4.78, 5) is 22.3. The highest BCUT2D eigenvalue weighted by Gasteiger charge is 2.03. The number of carbonyl (C=O) groups excluding carboxylic acids is 2. The van der Waals surface area contributed by atoms with Gasteiger partial charge in [-0.1, -0.05) is 0 Å². The molecule has 6 heteroatoms. The summed E-state index contributed by atoms with van der Waals surface area (Å²) in [6.45, 7) is 2.02. The molecule has 0 spiro atoms. The van der Waals surface area contributed by atoms with Gasteiger partial charge in [-0.15, -0.1) is 0 Å². The summed E-state index contributed by atoms with van der Waals surface area (Å²) in [5.41, 5.74) is 1.12. The molecule has 2 N–H and O–H groups in total. The molecule has 0 atom stereocenters. The molecule has 0 aliphatic heterocycles. The van der Waals surface area contributed by atoms with Gasteiger partial charge in [0.1, 0.15) is 6.42 Å². The zero-order valence-electron chi connectivity index (χ0n) is 9.90. The Labute approximate surface area is 105 Å².